The number of fused-ring (bicyclic) bond motifs is 2. The van der Waals surface area contributed by atoms with E-state index in [0.29, 0.717) is 31.6 Å². The molecule has 6 heteroatoms. The third-order valence-electron chi connectivity index (χ3n) is 6.45. The number of aromatic nitrogens is 3. The van der Waals surface area contributed by atoms with Gasteiger partial charge in [0.2, 0.25) is 0 Å². The molecular formula is C24H24N4O2. The topological polar surface area (TPSA) is 82.1 Å². The largest absolute Gasteiger partial charge is 0.395 e. The molecule has 0 unspecified atom stereocenters. The Labute approximate surface area is 174 Å². The van der Waals surface area contributed by atoms with Crippen molar-refractivity contribution in [3.05, 3.63) is 71.8 Å². The van der Waals surface area contributed by atoms with Crippen LogP contribution in [-0.4, -0.2) is 50.6 Å². The molecular weight excluding hydrogens is 376 g/mol. The molecule has 1 aromatic carbocycles. The third-order valence-corrected chi connectivity index (χ3v) is 6.45. The predicted molar refractivity (Wildman–Crippen MR) is 116 cm³/mol. The summed E-state index contributed by atoms with van der Waals surface area (Å²) in [4.78, 5) is 27.1. The summed E-state index contributed by atoms with van der Waals surface area (Å²) in [5.41, 5.74) is 3.10. The zero-order valence-electron chi connectivity index (χ0n) is 16.9. The third kappa shape index (κ3) is 2.95. The predicted octanol–water partition coefficient (Wildman–Crippen LogP) is 3.59. The van der Waals surface area contributed by atoms with Crippen LogP contribution in [0.25, 0.3) is 21.8 Å². The van der Waals surface area contributed by atoms with Gasteiger partial charge in [-0.1, -0.05) is 24.3 Å². The van der Waals surface area contributed by atoms with Gasteiger partial charge in [-0.25, -0.2) is 4.98 Å². The first kappa shape index (κ1) is 18.8. The summed E-state index contributed by atoms with van der Waals surface area (Å²) in [6.07, 6.45) is 4.93. The second kappa shape index (κ2) is 7.22. The van der Waals surface area contributed by atoms with E-state index < -0.39 is 0 Å². The van der Waals surface area contributed by atoms with Crippen molar-refractivity contribution in [2.75, 3.05) is 19.7 Å². The highest BCUT2D eigenvalue weighted by molar-refractivity contribution is 5.96. The van der Waals surface area contributed by atoms with Gasteiger partial charge in [0.25, 0.3) is 5.91 Å². The number of carbonyl (C=O) groups excluding carboxylic acids is 1. The maximum absolute atomic E-state index is 13.1. The van der Waals surface area contributed by atoms with E-state index in [2.05, 4.69) is 21.0 Å². The van der Waals surface area contributed by atoms with Crippen LogP contribution in [0.4, 0.5) is 0 Å². The lowest BCUT2D eigenvalue weighted by molar-refractivity contribution is 0.0590. The molecule has 4 heterocycles. The fourth-order valence-electron chi connectivity index (χ4n) is 4.82. The number of likely N-dealkylation sites (tertiary alicyclic amines) is 1. The van der Waals surface area contributed by atoms with Gasteiger partial charge in [0.1, 0.15) is 11.3 Å². The zero-order valence-corrected chi connectivity index (χ0v) is 16.9. The summed E-state index contributed by atoms with van der Waals surface area (Å²) >= 11 is 0. The van der Waals surface area contributed by atoms with Crippen molar-refractivity contribution in [3.63, 3.8) is 0 Å². The van der Waals surface area contributed by atoms with Crippen LogP contribution >= 0.6 is 0 Å². The summed E-state index contributed by atoms with van der Waals surface area (Å²) in [6.45, 7) is 3.25. The van der Waals surface area contributed by atoms with Crippen molar-refractivity contribution < 1.29 is 9.90 Å². The number of aliphatic hydroxyl groups excluding tert-OH is 1. The van der Waals surface area contributed by atoms with Crippen molar-refractivity contribution in [1.82, 2.24) is 19.9 Å². The average Bonchev–Trinajstić information content (AvgIpc) is 3.14. The molecule has 3 aromatic heterocycles. The highest BCUT2D eigenvalue weighted by atomic mass is 16.3. The van der Waals surface area contributed by atoms with Crippen LogP contribution in [0.3, 0.4) is 0 Å². The number of piperidine rings is 1. The molecule has 0 aliphatic carbocycles. The Morgan fingerprint density at radius 3 is 2.67 bits per heavy atom. The number of rotatable bonds is 3. The zero-order chi connectivity index (χ0) is 20.7. The van der Waals surface area contributed by atoms with Crippen molar-refractivity contribution in [2.24, 2.45) is 0 Å². The van der Waals surface area contributed by atoms with Crippen molar-refractivity contribution in [3.8, 4) is 0 Å². The first-order chi connectivity index (χ1) is 14.6. The van der Waals surface area contributed by atoms with Crippen LogP contribution in [-0.2, 0) is 5.41 Å². The SMILES string of the molecule is Cc1[nH]c2ncccc2c1C1(CO)CCN(C(=O)c2cc3ccccc3cn2)CC1. The Morgan fingerprint density at radius 2 is 1.90 bits per heavy atom. The average molecular weight is 400 g/mol. The van der Waals surface area contributed by atoms with Crippen molar-refractivity contribution in [2.45, 2.75) is 25.2 Å². The first-order valence-electron chi connectivity index (χ1n) is 10.3. The number of pyridine rings is 2. The Kier molecular flexibility index (Phi) is 4.51. The fraction of sp³-hybridized carbons (Fsp3) is 0.292. The molecule has 2 N–H and O–H groups in total. The number of benzene rings is 1. The van der Waals surface area contributed by atoms with Gasteiger partial charge in [-0.3, -0.25) is 9.78 Å². The molecule has 0 saturated carbocycles. The Balaban J connectivity index is 1.41. The molecule has 4 aromatic rings. The number of nitrogens with zero attached hydrogens (tertiary/aromatic N) is 3. The standard InChI is InChI=1S/C24H24N4O2/c1-16-21(19-7-4-10-25-22(19)27-16)24(15-29)8-11-28(12-9-24)23(30)20-13-17-5-2-3-6-18(17)14-26-20/h2-7,10,13-14,29H,8-9,11-12,15H2,1H3,(H,25,27). The first-order valence-corrected chi connectivity index (χ1v) is 10.3. The molecule has 1 saturated heterocycles. The second-order valence-corrected chi connectivity index (χ2v) is 8.17. The molecule has 30 heavy (non-hydrogen) atoms. The minimum atomic E-state index is -0.376. The van der Waals surface area contributed by atoms with E-state index in [1.165, 1.54) is 0 Å². The smallest absolute Gasteiger partial charge is 0.272 e. The van der Waals surface area contributed by atoms with E-state index in [-0.39, 0.29) is 17.9 Å². The molecule has 1 aliphatic heterocycles. The molecule has 1 amide bonds. The Hall–Kier alpha value is -3.25. The van der Waals surface area contributed by atoms with Gasteiger partial charge in [-0.2, -0.15) is 0 Å². The van der Waals surface area contributed by atoms with Gasteiger partial charge in [-0.15, -0.1) is 0 Å². The van der Waals surface area contributed by atoms with Crippen LogP contribution in [0.1, 0.15) is 34.6 Å². The number of nitrogens with one attached hydrogen (secondary N) is 1. The molecule has 0 bridgehead atoms. The lowest BCUT2D eigenvalue weighted by Gasteiger charge is -2.41. The summed E-state index contributed by atoms with van der Waals surface area (Å²) in [7, 11) is 0. The van der Waals surface area contributed by atoms with Crippen LogP contribution < -0.4 is 0 Å². The second-order valence-electron chi connectivity index (χ2n) is 8.17. The van der Waals surface area contributed by atoms with E-state index in [4.69, 9.17) is 0 Å². The maximum Gasteiger partial charge on any atom is 0.272 e. The van der Waals surface area contributed by atoms with Gasteiger partial charge in [-0.05, 0) is 48.9 Å². The Bertz CT molecular complexity index is 1240. The highest BCUT2D eigenvalue weighted by Gasteiger charge is 2.40. The number of amides is 1. The van der Waals surface area contributed by atoms with Crippen LogP contribution in [0.15, 0.2) is 54.9 Å². The van der Waals surface area contributed by atoms with Gasteiger partial charge < -0.3 is 15.0 Å². The van der Waals surface area contributed by atoms with Crippen molar-refractivity contribution >= 4 is 27.7 Å². The van der Waals surface area contributed by atoms with Gasteiger partial charge in [0.15, 0.2) is 0 Å². The van der Waals surface area contributed by atoms with Gasteiger partial charge in [0, 0.05) is 47.4 Å². The van der Waals surface area contributed by atoms with E-state index in [1.807, 2.05) is 48.2 Å². The summed E-state index contributed by atoms with van der Waals surface area (Å²) in [5, 5.41) is 13.5. The maximum atomic E-state index is 13.1. The van der Waals surface area contributed by atoms with E-state index in [0.717, 1.165) is 33.1 Å². The Morgan fingerprint density at radius 1 is 1.13 bits per heavy atom. The summed E-state index contributed by atoms with van der Waals surface area (Å²) in [6, 6.07) is 13.8. The van der Waals surface area contributed by atoms with Crippen molar-refractivity contribution in [1.29, 1.82) is 0 Å². The number of hydrogen-bond acceptors (Lipinski definition) is 4. The minimum Gasteiger partial charge on any atom is -0.395 e. The van der Waals surface area contributed by atoms with E-state index >= 15 is 0 Å². The van der Waals surface area contributed by atoms with Crippen LogP contribution in [0, 0.1) is 6.92 Å². The van der Waals surface area contributed by atoms with Crippen LogP contribution in [0.5, 0.6) is 0 Å². The van der Waals surface area contributed by atoms with Gasteiger partial charge >= 0.3 is 0 Å². The quantitative estimate of drug-likeness (QED) is 0.551. The normalized spacial score (nSPS) is 16.3. The minimum absolute atomic E-state index is 0.0476. The number of H-pyrrole nitrogens is 1. The molecule has 152 valence electrons. The number of aryl methyl sites for hydroxylation is 1. The van der Waals surface area contributed by atoms with Gasteiger partial charge in [0.05, 0.1) is 6.61 Å². The molecule has 0 atom stereocenters. The van der Waals surface area contributed by atoms with E-state index in [9.17, 15) is 9.90 Å². The highest BCUT2D eigenvalue weighted by Crippen LogP contribution is 2.40. The molecule has 5 rings (SSSR count). The molecule has 1 aliphatic rings. The van der Waals surface area contributed by atoms with Crippen LogP contribution in [0.2, 0.25) is 0 Å². The molecule has 1 fully saturated rings. The fourth-order valence-corrected chi connectivity index (χ4v) is 4.82. The number of aliphatic hydroxyl groups is 1. The number of hydrogen-bond donors (Lipinski definition) is 2. The monoisotopic (exact) mass is 400 g/mol. The lowest BCUT2D eigenvalue weighted by atomic mass is 9.72. The van der Waals surface area contributed by atoms with E-state index in [1.54, 1.807) is 12.4 Å². The molecule has 0 radical (unpaired) electrons. The number of aromatic amines is 1. The summed E-state index contributed by atoms with van der Waals surface area (Å²) < 4.78 is 0. The number of carbonyl (C=O) groups is 1. The summed E-state index contributed by atoms with van der Waals surface area (Å²) in [5.74, 6) is -0.0513. The molecule has 0 spiro atoms. The molecule has 6 nitrogen and oxygen atoms in total. The lowest BCUT2D eigenvalue weighted by Crippen LogP contribution is -2.47.